The number of nitrogens with zero attached hydrogens (tertiary/aromatic N) is 3. The van der Waals surface area contributed by atoms with E-state index in [1.807, 2.05) is 0 Å². The van der Waals surface area contributed by atoms with Crippen molar-refractivity contribution in [2.45, 2.75) is 0 Å². The van der Waals surface area contributed by atoms with Crippen molar-refractivity contribution in [3.05, 3.63) is 34.7 Å². The lowest BCUT2D eigenvalue weighted by Gasteiger charge is -2.05. The molecule has 16 heavy (non-hydrogen) atoms. The number of ether oxygens (including phenoxy) is 1. The smallest absolute Gasteiger partial charge is 0.225 e. The summed E-state index contributed by atoms with van der Waals surface area (Å²) in [6, 6.07) is 4.77. The first-order valence-corrected chi connectivity index (χ1v) is 4.99. The minimum atomic E-state index is 0.0301. The fourth-order valence-corrected chi connectivity index (χ4v) is 1.36. The van der Waals surface area contributed by atoms with Gasteiger partial charge in [0.05, 0.1) is 0 Å². The highest BCUT2D eigenvalue weighted by atomic mass is 35.5. The summed E-state index contributed by atoms with van der Waals surface area (Å²) in [6.45, 7) is 0. The third kappa shape index (κ3) is 2.50. The van der Waals surface area contributed by atoms with Crippen LogP contribution in [0.3, 0.4) is 0 Å². The normalized spacial score (nSPS) is 10.1. The van der Waals surface area contributed by atoms with Crippen LogP contribution in [0, 0.1) is 0 Å². The topological polar surface area (TPSA) is 73.9 Å². The Labute approximate surface area is 101 Å². The van der Waals surface area contributed by atoms with E-state index in [1.54, 1.807) is 18.3 Å². The van der Waals surface area contributed by atoms with Gasteiger partial charge in [-0.1, -0.05) is 23.2 Å². The van der Waals surface area contributed by atoms with Crippen molar-refractivity contribution in [1.29, 1.82) is 0 Å². The van der Waals surface area contributed by atoms with Crippen LogP contribution in [0.1, 0.15) is 0 Å². The number of anilines is 1. The molecule has 0 aliphatic rings. The first kappa shape index (κ1) is 10.9. The van der Waals surface area contributed by atoms with Crippen LogP contribution >= 0.6 is 23.2 Å². The van der Waals surface area contributed by atoms with E-state index in [9.17, 15) is 0 Å². The summed E-state index contributed by atoms with van der Waals surface area (Å²) in [6.07, 6.45) is 1.55. The van der Waals surface area contributed by atoms with Gasteiger partial charge in [-0.3, -0.25) is 0 Å². The van der Waals surface area contributed by atoms with E-state index in [1.165, 1.54) is 6.07 Å². The van der Waals surface area contributed by atoms with E-state index in [4.69, 9.17) is 33.7 Å². The van der Waals surface area contributed by atoms with E-state index < -0.39 is 0 Å². The van der Waals surface area contributed by atoms with Crippen molar-refractivity contribution in [1.82, 2.24) is 15.0 Å². The van der Waals surface area contributed by atoms with Crippen LogP contribution < -0.4 is 10.5 Å². The summed E-state index contributed by atoms with van der Waals surface area (Å²) in [4.78, 5) is 11.4. The van der Waals surface area contributed by atoms with Gasteiger partial charge in [0.2, 0.25) is 11.8 Å². The van der Waals surface area contributed by atoms with Gasteiger partial charge < -0.3 is 10.5 Å². The molecule has 2 aromatic rings. The number of aromatic nitrogens is 3. The van der Waals surface area contributed by atoms with Crippen LogP contribution in [0.4, 0.5) is 5.95 Å². The zero-order chi connectivity index (χ0) is 11.5. The molecular weight excluding hydrogens is 251 g/mol. The molecule has 2 heterocycles. The quantitative estimate of drug-likeness (QED) is 0.661. The second-order valence-corrected chi connectivity index (χ2v) is 3.53. The van der Waals surface area contributed by atoms with Crippen LogP contribution in [-0.2, 0) is 0 Å². The monoisotopic (exact) mass is 256 g/mol. The SMILES string of the molecule is Nc1nc(Cl)cc(Oc2cccnc2Cl)n1. The van der Waals surface area contributed by atoms with Gasteiger partial charge >= 0.3 is 0 Å². The van der Waals surface area contributed by atoms with Crippen LogP contribution in [0.5, 0.6) is 11.6 Å². The van der Waals surface area contributed by atoms with E-state index in [0.29, 0.717) is 5.75 Å². The number of hydrogen-bond donors (Lipinski definition) is 1. The molecule has 82 valence electrons. The predicted octanol–water partition coefficient (Wildman–Crippen LogP) is 2.55. The largest absolute Gasteiger partial charge is 0.436 e. The van der Waals surface area contributed by atoms with Gasteiger partial charge in [-0.05, 0) is 12.1 Å². The van der Waals surface area contributed by atoms with Crippen molar-refractivity contribution in [2.24, 2.45) is 0 Å². The van der Waals surface area contributed by atoms with Crippen molar-refractivity contribution < 1.29 is 4.74 Å². The van der Waals surface area contributed by atoms with Crippen LogP contribution in [-0.4, -0.2) is 15.0 Å². The maximum Gasteiger partial charge on any atom is 0.225 e. The van der Waals surface area contributed by atoms with Crippen molar-refractivity contribution in [3.63, 3.8) is 0 Å². The van der Waals surface area contributed by atoms with Crippen molar-refractivity contribution >= 4 is 29.2 Å². The Kier molecular flexibility index (Phi) is 3.07. The van der Waals surface area contributed by atoms with Gasteiger partial charge in [0.25, 0.3) is 0 Å². The molecule has 0 aliphatic heterocycles. The minimum Gasteiger partial charge on any atom is -0.436 e. The highest BCUT2D eigenvalue weighted by Gasteiger charge is 2.06. The van der Waals surface area contributed by atoms with Gasteiger partial charge in [-0.15, -0.1) is 0 Å². The number of halogens is 2. The molecule has 0 atom stereocenters. The molecule has 0 spiro atoms. The summed E-state index contributed by atoms with van der Waals surface area (Å²) in [5.74, 6) is 0.619. The van der Waals surface area contributed by atoms with Gasteiger partial charge in [-0.2, -0.15) is 4.98 Å². The Morgan fingerprint density at radius 2 is 2.06 bits per heavy atom. The highest BCUT2D eigenvalue weighted by Crippen LogP contribution is 2.27. The third-order valence-corrected chi connectivity index (χ3v) is 2.11. The molecular formula is C9H6Cl2N4O. The van der Waals surface area contributed by atoms with E-state index in [-0.39, 0.29) is 22.1 Å². The zero-order valence-electron chi connectivity index (χ0n) is 7.89. The van der Waals surface area contributed by atoms with Crippen LogP contribution in [0.2, 0.25) is 10.3 Å². The van der Waals surface area contributed by atoms with Gasteiger partial charge in [-0.25, -0.2) is 9.97 Å². The molecule has 0 saturated heterocycles. The van der Waals surface area contributed by atoms with Crippen LogP contribution in [0.25, 0.3) is 0 Å². The fourth-order valence-electron chi connectivity index (χ4n) is 1.03. The predicted molar refractivity (Wildman–Crippen MR) is 60.8 cm³/mol. The van der Waals surface area contributed by atoms with Crippen LogP contribution in [0.15, 0.2) is 24.4 Å². The second kappa shape index (κ2) is 4.51. The summed E-state index contributed by atoms with van der Waals surface area (Å²) in [7, 11) is 0. The number of pyridine rings is 1. The molecule has 2 N–H and O–H groups in total. The minimum absolute atomic E-state index is 0.0301. The Hall–Kier alpha value is -1.59. The fraction of sp³-hybridized carbons (Fsp3) is 0. The lowest BCUT2D eigenvalue weighted by Crippen LogP contribution is -1.97. The summed E-state index contributed by atoms with van der Waals surface area (Å²) < 4.78 is 5.36. The Morgan fingerprint density at radius 1 is 1.25 bits per heavy atom. The van der Waals surface area contributed by atoms with E-state index in [0.717, 1.165) is 0 Å². The Morgan fingerprint density at radius 3 is 2.75 bits per heavy atom. The second-order valence-electron chi connectivity index (χ2n) is 2.78. The maximum atomic E-state index is 5.81. The first-order valence-electron chi connectivity index (χ1n) is 4.23. The summed E-state index contributed by atoms with van der Waals surface area (Å²) in [5, 5.41) is 0.429. The Balaban J connectivity index is 2.30. The van der Waals surface area contributed by atoms with E-state index in [2.05, 4.69) is 15.0 Å². The van der Waals surface area contributed by atoms with Crippen molar-refractivity contribution in [2.75, 3.05) is 5.73 Å². The number of hydrogen-bond acceptors (Lipinski definition) is 5. The summed E-state index contributed by atoms with van der Waals surface area (Å²) >= 11 is 11.5. The van der Waals surface area contributed by atoms with Crippen molar-refractivity contribution in [3.8, 4) is 11.6 Å². The molecule has 0 amide bonds. The molecule has 2 rings (SSSR count). The summed E-state index contributed by atoms with van der Waals surface area (Å²) in [5.41, 5.74) is 5.42. The molecule has 5 nitrogen and oxygen atoms in total. The molecule has 0 saturated carbocycles. The lowest BCUT2D eigenvalue weighted by molar-refractivity contribution is 0.461. The molecule has 2 aromatic heterocycles. The lowest BCUT2D eigenvalue weighted by atomic mass is 10.4. The van der Waals surface area contributed by atoms with Gasteiger partial charge in [0.1, 0.15) is 5.15 Å². The standard InChI is InChI=1S/C9H6Cl2N4O/c10-6-4-7(15-9(12)14-6)16-5-2-1-3-13-8(5)11/h1-4H,(H2,12,14,15). The average molecular weight is 257 g/mol. The molecule has 0 radical (unpaired) electrons. The molecule has 0 unspecified atom stereocenters. The number of nitrogen functional groups attached to an aromatic ring is 1. The molecule has 0 aromatic carbocycles. The molecule has 0 aliphatic carbocycles. The zero-order valence-corrected chi connectivity index (χ0v) is 9.40. The molecule has 0 bridgehead atoms. The third-order valence-electron chi connectivity index (χ3n) is 1.63. The highest BCUT2D eigenvalue weighted by molar-refractivity contribution is 6.30. The number of rotatable bonds is 2. The van der Waals surface area contributed by atoms with Gasteiger partial charge in [0, 0.05) is 12.3 Å². The first-order chi connectivity index (χ1) is 7.65. The number of nitrogens with two attached hydrogens (primary N) is 1. The Bertz CT molecular complexity index is 500. The molecule has 7 heteroatoms. The molecule has 0 fully saturated rings. The maximum absolute atomic E-state index is 5.81. The van der Waals surface area contributed by atoms with E-state index >= 15 is 0 Å². The average Bonchev–Trinajstić information content (AvgIpc) is 2.20. The van der Waals surface area contributed by atoms with Gasteiger partial charge in [0.15, 0.2) is 10.9 Å².